The molecular weight excluding hydrogens is 316 g/mol. The fraction of sp³-hybridized carbons (Fsp3) is 0.417. The number of carboxylic acid groups (broad SMARTS) is 1. The monoisotopic (exact) mass is 330 g/mol. The molecule has 2 N–H and O–H groups in total. The number of carbonyl (C=O) groups is 2. The minimum Gasteiger partial charge on any atom is -0.480 e. The first-order valence-corrected chi connectivity index (χ1v) is 6.53. The molecule has 1 atom stereocenters. The number of carbonyl (C=O) groups excluding carboxylic acids is 1. The van der Waals surface area contributed by atoms with Gasteiger partial charge in [0.2, 0.25) is 5.91 Å². The van der Waals surface area contributed by atoms with Crippen molar-refractivity contribution in [1.29, 1.82) is 0 Å². The summed E-state index contributed by atoms with van der Waals surface area (Å²) in [7, 11) is 0. The van der Waals surface area contributed by atoms with Crippen LogP contribution in [0.1, 0.15) is 12.5 Å². The van der Waals surface area contributed by atoms with Gasteiger partial charge in [-0.2, -0.15) is 0 Å². The van der Waals surface area contributed by atoms with Gasteiger partial charge in [-0.25, -0.2) is 9.78 Å². The number of carboxylic acids is 1. The van der Waals surface area contributed by atoms with Crippen molar-refractivity contribution in [3.05, 3.63) is 28.5 Å². The van der Waals surface area contributed by atoms with Crippen LogP contribution in [0, 0.1) is 0 Å². The lowest BCUT2D eigenvalue weighted by atomic mass is 10.1. The molecule has 0 spiro atoms. The Labute approximate surface area is 119 Å². The van der Waals surface area contributed by atoms with Gasteiger partial charge in [0.15, 0.2) is 0 Å². The van der Waals surface area contributed by atoms with E-state index in [9.17, 15) is 9.59 Å². The van der Waals surface area contributed by atoms with Gasteiger partial charge in [-0.1, -0.05) is 6.07 Å². The molecule has 104 valence electrons. The molecule has 1 aromatic rings. The normalized spacial score (nSPS) is 11.9. The van der Waals surface area contributed by atoms with Crippen LogP contribution >= 0.6 is 15.9 Å². The van der Waals surface area contributed by atoms with Gasteiger partial charge in [-0.15, -0.1) is 0 Å². The molecule has 0 fully saturated rings. The van der Waals surface area contributed by atoms with E-state index in [1.54, 1.807) is 25.3 Å². The van der Waals surface area contributed by atoms with Gasteiger partial charge in [-0.3, -0.25) is 4.79 Å². The van der Waals surface area contributed by atoms with Crippen molar-refractivity contribution in [3.63, 3.8) is 0 Å². The highest BCUT2D eigenvalue weighted by molar-refractivity contribution is 9.10. The number of halogens is 1. The molecule has 19 heavy (non-hydrogen) atoms. The summed E-state index contributed by atoms with van der Waals surface area (Å²) in [5.41, 5.74) is 0.714. The highest BCUT2D eigenvalue weighted by Crippen LogP contribution is 2.14. The number of nitrogens with one attached hydrogen (secondary N) is 1. The van der Waals surface area contributed by atoms with Crippen LogP contribution in [-0.2, 0) is 20.7 Å². The molecule has 0 unspecified atom stereocenters. The topological polar surface area (TPSA) is 88.5 Å². The number of nitrogens with zero attached hydrogens (tertiary/aromatic N) is 1. The molecule has 0 saturated heterocycles. The molecule has 0 aliphatic rings. The average molecular weight is 331 g/mol. The second-order valence-electron chi connectivity index (χ2n) is 3.75. The Morgan fingerprint density at radius 3 is 2.89 bits per heavy atom. The number of rotatable bonds is 7. The van der Waals surface area contributed by atoms with E-state index >= 15 is 0 Å². The van der Waals surface area contributed by atoms with Gasteiger partial charge >= 0.3 is 5.97 Å². The molecular formula is C12H15BrN2O4. The average Bonchev–Trinajstić information content (AvgIpc) is 2.38. The zero-order chi connectivity index (χ0) is 14.3. The van der Waals surface area contributed by atoms with Crippen molar-refractivity contribution in [2.24, 2.45) is 0 Å². The first-order valence-electron chi connectivity index (χ1n) is 5.74. The quantitative estimate of drug-likeness (QED) is 0.728. The predicted molar refractivity (Wildman–Crippen MR) is 71.7 cm³/mol. The van der Waals surface area contributed by atoms with Crippen LogP contribution in [0.25, 0.3) is 0 Å². The van der Waals surface area contributed by atoms with Crippen molar-refractivity contribution < 1.29 is 19.4 Å². The third-order valence-electron chi connectivity index (χ3n) is 2.33. The van der Waals surface area contributed by atoms with Crippen molar-refractivity contribution in [3.8, 4) is 0 Å². The molecule has 1 rings (SSSR count). The molecule has 0 saturated carbocycles. The van der Waals surface area contributed by atoms with Crippen LogP contribution in [0.2, 0.25) is 0 Å². The Morgan fingerprint density at radius 1 is 1.58 bits per heavy atom. The van der Waals surface area contributed by atoms with E-state index in [-0.39, 0.29) is 13.0 Å². The van der Waals surface area contributed by atoms with Crippen LogP contribution in [0.3, 0.4) is 0 Å². The first-order chi connectivity index (χ1) is 9.04. The van der Waals surface area contributed by atoms with E-state index in [4.69, 9.17) is 9.84 Å². The molecule has 1 heterocycles. The number of hydrogen-bond acceptors (Lipinski definition) is 4. The van der Waals surface area contributed by atoms with Gasteiger partial charge in [0.05, 0.1) is 0 Å². The third-order valence-corrected chi connectivity index (χ3v) is 3.05. The summed E-state index contributed by atoms with van der Waals surface area (Å²) in [5.74, 6) is -1.55. The van der Waals surface area contributed by atoms with Crippen LogP contribution in [0.5, 0.6) is 0 Å². The third kappa shape index (κ3) is 5.35. The number of amides is 1. The van der Waals surface area contributed by atoms with Gasteiger partial charge < -0.3 is 15.2 Å². The maximum atomic E-state index is 11.5. The van der Waals surface area contributed by atoms with Crippen LogP contribution in [0.4, 0.5) is 0 Å². The fourth-order valence-corrected chi connectivity index (χ4v) is 1.83. The van der Waals surface area contributed by atoms with Crippen LogP contribution in [0.15, 0.2) is 22.9 Å². The van der Waals surface area contributed by atoms with E-state index in [1.807, 2.05) is 0 Å². The molecule has 1 aromatic heterocycles. The summed E-state index contributed by atoms with van der Waals surface area (Å²) in [6, 6.07) is 2.45. The Bertz CT molecular complexity index is 453. The second-order valence-corrected chi connectivity index (χ2v) is 4.50. The van der Waals surface area contributed by atoms with Crippen molar-refractivity contribution in [2.75, 3.05) is 13.2 Å². The highest BCUT2D eigenvalue weighted by Gasteiger charge is 2.21. The van der Waals surface area contributed by atoms with E-state index in [0.717, 1.165) is 0 Å². The van der Waals surface area contributed by atoms with Crippen LogP contribution in [-0.4, -0.2) is 41.2 Å². The van der Waals surface area contributed by atoms with Crippen molar-refractivity contribution in [1.82, 2.24) is 10.3 Å². The number of ether oxygens (including phenoxy) is 1. The Hall–Kier alpha value is -1.47. The van der Waals surface area contributed by atoms with E-state index in [0.29, 0.717) is 16.8 Å². The lowest BCUT2D eigenvalue weighted by Gasteiger charge is -2.15. The molecule has 0 bridgehead atoms. The number of pyridine rings is 1. The van der Waals surface area contributed by atoms with Crippen LogP contribution < -0.4 is 5.32 Å². The summed E-state index contributed by atoms with van der Waals surface area (Å²) >= 11 is 3.24. The smallest absolute Gasteiger partial charge is 0.326 e. The summed E-state index contributed by atoms with van der Waals surface area (Å²) < 4.78 is 5.49. The zero-order valence-corrected chi connectivity index (χ0v) is 12.0. The summed E-state index contributed by atoms with van der Waals surface area (Å²) in [4.78, 5) is 26.6. The highest BCUT2D eigenvalue weighted by atomic mass is 79.9. The standard InChI is InChI=1S/C12H15BrN2O4/c1-2-19-7-10(16)15-9(12(17)18)6-8-4-3-5-14-11(8)13/h3-5,9H,2,6-7H2,1H3,(H,15,16)(H,17,18)/t9-/m0/s1. The molecule has 0 aliphatic heterocycles. The SMILES string of the molecule is CCOCC(=O)N[C@@H](Cc1cccnc1Br)C(=O)O. The molecule has 7 heteroatoms. The lowest BCUT2D eigenvalue weighted by molar-refractivity contribution is -0.142. The molecule has 0 aliphatic carbocycles. The summed E-state index contributed by atoms with van der Waals surface area (Å²) in [5, 5.41) is 11.5. The number of aliphatic carboxylic acids is 1. The fourth-order valence-electron chi connectivity index (χ4n) is 1.42. The van der Waals surface area contributed by atoms with Gasteiger partial charge in [0.1, 0.15) is 17.3 Å². The molecule has 0 radical (unpaired) electrons. The maximum absolute atomic E-state index is 11.5. The minimum absolute atomic E-state index is 0.144. The van der Waals surface area contributed by atoms with Gasteiger partial charge in [0, 0.05) is 19.2 Å². The van der Waals surface area contributed by atoms with E-state index < -0.39 is 17.9 Å². The first kappa shape index (κ1) is 15.6. The van der Waals surface area contributed by atoms with E-state index in [1.165, 1.54) is 0 Å². The number of hydrogen-bond donors (Lipinski definition) is 2. The number of aromatic nitrogens is 1. The van der Waals surface area contributed by atoms with Crippen molar-refractivity contribution >= 4 is 27.8 Å². The Balaban J connectivity index is 2.66. The lowest BCUT2D eigenvalue weighted by Crippen LogP contribution is -2.44. The maximum Gasteiger partial charge on any atom is 0.326 e. The summed E-state index contributed by atoms with van der Waals surface area (Å²) in [6.45, 7) is 2.02. The Morgan fingerprint density at radius 2 is 2.32 bits per heavy atom. The summed E-state index contributed by atoms with van der Waals surface area (Å²) in [6.07, 6.45) is 1.75. The van der Waals surface area contributed by atoms with Crippen molar-refractivity contribution in [2.45, 2.75) is 19.4 Å². The van der Waals surface area contributed by atoms with Gasteiger partial charge in [-0.05, 0) is 34.5 Å². The molecule has 0 aromatic carbocycles. The predicted octanol–water partition coefficient (Wildman–Crippen LogP) is 0.992. The van der Waals surface area contributed by atoms with Gasteiger partial charge in [0.25, 0.3) is 0 Å². The second kappa shape index (κ2) is 7.85. The molecule has 1 amide bonds. The molecule has 6 nitrogen and oxygen atoms in total. The zero-order valence-electron chi connectivity index (χ0n) is 10.4. The van der Waals surface area contributed by atoms with E-state index in [2.05, 4.69) is 26.2 Å². The largest absolute Gasteiger partial charge is 0.480 e. The minimum atomic E-state index is -1.10. The Kier molecular flexibility index (Phi) is 6.44.